The van der Waals surface area contributed by atoms with E-state index in [4.69, 9.17) is 0 Å². The van der Waals surface area contributed by atoms with Gasteiger partial charge in [-0.3, -0.25) is 4.79 Å². The van der Waals surface area contributed by atoms with E-state index < -0.39 is 0 Å². The standard InChI is InChI=1S/C22H24N4O/c1-3-26(16-18-9-5-4-6-10-18)21(27)20-12-13-23-22(25-20)24-15-19-11-7-8-17(2)14-19/h4-14H,3,15-16H2,1-2H3,(H,23,24,25). The lowest BCUT2D eigenvalue weighted by Gasteiger charge is -2.20. The number of rotatable bonds is 7. The van der Waals surface area contributed by atoms with Crippen molar-refractivity contribution in [1.82, 2.24) is 14.9 Å². The minimum Gasteiger partial charge on any atom is -0.350 e. The fourth-order valence-electron chi connectivity index (χ4n) is 2.86. The second-order valence-corrected chi connectivity index (χ2v) is 6.41. The molecule has 0 saturated carbocycles. The number of aromatic nitrogens is 2. The summed E-state index contributed by atoms with van der Waals surface area (Å²) in [5.41, 5.74) is 3.85. The molecule has 0 aliphatic rings. The van der Waals surface area contributed by atoms with E-state index in [9.17, 15) is 4.79 Å². The van der Waals surface area contributed by atoms with Crippen LogP contribution in [0.15, 0.2) is 66.9 Å². The average molecular weight is 360 g/mol. The van der Waals surface area contributed by atoms with Crippen LogP contribution in [0.2, 0.25) is 0 Å². The molecular weight excluding hydrogens is 336 g/mol. The first-order valence-electron chi connectivity index (χ1n) is 9.11. The van der Waals surface area contributed by atoms with E-state index in [1.165, 1.54) is 5.56 Å². The SMILES string of the molecule is CCN(Cc1ccccc1)C(=O)c1ccnc(NCc2cccc(C)c2)n1. The predicted molar refractivity (Wildman–Crippen MR) is 107 cm³/mol. The number of benzene rings is 2. The molecule has 1 aromatic heterocycles. The molecule has 0 unspecified atom stereocenters. The average Bonchev–Trinajstić information content (AvgIpc) is 2.71. The Morgan fingerprint density at radius 3 is 2.56 bits per heavy atom. The zero-order chi connectivity index (χ0) is 19.1. The Labute approximate surface area is 160 Å². The monoisotopic (exact) mass is 360 g/mol. The van der Waals surface area contributed by atoms with Crippen molar-refractivity contribution in [2.45, 2.75) is 26.9 Å². The first-order valence-corrected chi connectivity index (χ1v) is 9.11. The van der Waals surface area contributed by atoms with Crippen molar-refractivity contribution >= 4 is 11.9 Å². The molecule has 5 nitrogen and oxygen atoms in total. The molecule has 0 aliphatic heterocycles. The number of hydrogen-bond donors (Lipinski definition) is 1. The molecule has 0 saturated heterocycles. The van der Waals surface area contributed by atoms with Crippen molar-refractivity contribution in [2.75, 3.05) is 11.9 Å². The van der Waals surface area contributed by atoms with Crippen LogP contribution in [0.4, 0.5) is 5.95 Å². The zero-order valence-electron chi connectivity index (χ0n) is 15.7. The summed E-state index contributed by atoms with van der Waals surface area (Å²) in [6.07, 6.45) is 1.62. The lowest BCUT2D eigenvalue weighted by molar-refractivity contribution is 0.0746. The molecule has 0 bridgehead atoms. The van der Waals surface area contributed by atoms with Crippen molar-refractivity contribution in [3.8, 4) is 0 Å². The highest BCUT2D eigenvalue weighted by molar-refractivity contribution is 5.92. The third-order valence-corrected chi connectivity index (χ3v) is 4.29. The van der Waals surface area contributed by atoms with Crippen LogP contribution in [0.25, 0.3) is 0 Å². The van der Waals surface area contributed by atoms with Gasteiger partial charge in [-0.2, -0.15) is 0 Å². The summed E-state index contributed by atoms with van der Waals surface area (Å²) >= 11 is 0. The normalized spacial score (nSPS) is 10.4. The third kappa shape index (κ3) is 5.14. The van der Waals surface area contributed by atoms with Gasteiger partial charge in [0.15, 0.2) is 0 Å². The Kier molecular flexibility index (Phi) is 6.15. The van der Waals surface area contributed by atoms with Gasteiger partial charge >= 0.3 is 0 Å². The minimum atomic E-state index is -0.0950. The van der Waals surface area contributed by atoms with Gasteiger partial charge in [-0.25, -0.2) is 9.97 Å². The fraction of sp³-hybridized carbons (Fsp3) is 0.227. The smallest absolute Gasteiger partial charge is 0.272 e. The molecule has 3 aromatic rings. The summed E-state index contributed by atoms with van der Waals surface area (Å²) in [5, 5.41) is 3.20. The predicted octanol–water partition coefficient (Wildman–Crippen LogP) is 4.06. The van der Waals surface area contributed by atoms with Gasteiger partial charge in [0, 0.05) is 25.8 Å². The van der Waals surface area contributed by atoms with Gasteiger partial charge in [-0.1, -0.05) is 60.2 Å². The highest BCUT2D eigenvalue weighted by Crippen LogP contribution is 2.11. The Hall–Kier alpha value is -3.21. The zero-order valence-corrected chi connectivity index (χ0v) is 15.7. The van der Waals surface area contributed by atoms with Crippen molar-refractivity contribution in [1.29, 1.82) is 0 Å². The topological polar surface area (TPSA) is 58.1 Å². The Bertz CT molecular complexity index is 896. The van der Waals surface area contributed by atoms with Crippen LogP contribution >= 0.6 is 0 Å². The summed E-state index contributed by atoms with van der Waals surface area (Å²) in [4.78, 5) is 23.3. The van der Waals surface area contributed by atoms with E-state index >= 15 is 0 Å². The Morgan fingerprint density at radius 2 is 1.81 bits per heavy atom. The number of carbonyl (C=O) groups excluding carboxylic acids is 1. The Balaban J connectivity index is 1.68. The molecule has 0 fully saturated rings. The first kappa shape index (κ1) is 18.6. The van der Waals surface area contributed by atoms with Crippen LogP contribution in [0, 0.1) is 6.92 Å². The maximum absolute atomic E-state index is 12.9. The molecule has 2 aromatic carbocycles. The highest BCUT2D eigenvalue weighted by atomic mass is 16.2. The molecule has 0 spiro atoms. The second-order valence-electron chi connectivity index (χ2n) is 6.41. The van der Waals surface area contributed by atoms with Gasteiger partial charge in [0.05, 0.1) is 0 Å². The molecule has 0 radical (unpaired) electrons. The van der Waals surface area contributed by atoms with E-state index in [1.54, 1.807) is 17.2 Å². The van der Waals surface area contributed by atoms with E-state index in [1.807, 2.05) is 49.4 Å². The van der Waals surface area contributed by atoms with Gasteiger partial charge < -0.3 is 10.2 Å². The first-order chi connectivity index (χ1) is 13.2. The summed E-state index contributed by atoms with van der Waals surface area (Å²) in [7, 11) is 0. The molecular formula is C22H24N4O. The van der Waals surface area contributed by atoms with E-state index in [0.717, 1.165) is 11.1 Å². The summed E-state index contributed by atoms with van der Waals surface area (Å²) in [5.74, 6) is 0.362. The number of nitrogens with one attached hydrogen (secondary N) is 1. The highest BCUT2D eigenvalue weighted by Gasteiger charge is 2.16. The van der Waals surface area contributed by atoms with E-state index in [0.29, 0.717) is 31.3 Å². The Morgan fingerprint density at radius 1 is 1.04 bits per heavy atom. The molecule has 3 rings (SSSR count). The summed E-state index contributed by atoms with van der Waals surface area (Å²) < 4.78 is 0. The maximum Gasteiger partial charge on any atom is 0.272 e. The molecule has 0 aliphatic carbocycles. The third-order valence-electron chi connectivity index (χ3n) is 4.29. The number of amides is 1. The molecule has 1 amide bonds. The minimum absolute atomic E-state index is 0.0950. The number of aryl methyl sites for hydroxylation is 1. The molecule has 138 valence electrons. The number of anilines is 1. The van der Waals surface area contributed by atoms with Crippen LogP contribution < -0.4 is 5.32 Å². The van der Waals surface area contributed by atoms with Gasteiger partial charge in [0.25, 0.3) is 5.91 Å². The molecule has 1 heterocycles. The van der Waals surface area contributed by atoms with Crippen molar-refractivity contribution in [3.05, 3.63) is 89.2 Å². The van der Waals surface area contributed by atoms with Gasteiger partial charge in [-0.15, -0.1) is 0 Å². The molecule has 27 heavy (non-hydrogen) atoms. The van der Waals surface area contributed by atoms with E-state index in [-0.39, 0.29) is 5.91 Å². The van der Waals surface area contributed by atoms with Crippen molar-refractivity contribution in [2.24, 2.45) is 0 Å². The van der Waals surface area contributed by atoms with Crippen LogP contribution in [0.5, 0.6) is 0 Å². The van der Waals surface area contributed by atoms with Crippen LogP contribution in [0.1, 0.15) is 34.1 Å². The van der Waals surface area contributed by atoms with Crippen LogP contribution in [-0.2, 0) is 13.1 Å². The molecule has 5 heteroatoms. The lowest BCUT2D eigenvalue weighted by atomic mass is 10.1. The molecule has 0 atom stereocenters. The lowest BCUT2D eigenvalue weighted by Crippen LogP contribution is -2.31. The van der Waals surface area contributed by atoms with E-state index in [2.05, 4.69) is 34.3 Å². The fourth-order valence-corrected chi connectivity index (χ4v) is 2.86. The number of carbonyl (C=O) groups is 1. The van der Waals surface area contributed by atoms with Gasteiger partial charge in [0.1, 0.15) is 5.69 Å². The summed E-state index contributed by atoms with van der Waals surface area (Å²) in [6.45, 7) is 5.82. The van der Waals surface area contributed by atoms with Crippen LogP contribution in [-0.4, -0.2) is 27.3 Å². The van der Waals surface area contributed by atoms with Gasteiger partial charge in [-0.05, 0) is 31.0 Å². The van der Waals surface area contributed by atoms with Gasteiger partial charge in [0.2, 0.25) is 5.95 Å². The molecule has 1 N–H and O–H groups in total. The van der Waals surface area contributed by atoms with Crippen LogP contribution in [0.3, 0.4) is 0 Å². The number of hydrogen-bond acceptors (Lipinski definition) is 4. The maximum atomic E-state index is 12.9. The quantitative estimate of drug-likeness (QED) is 0.690. The van der Waals surface area contributed by atoms with Crippen molar-refractivity contribution < 1.29 is 4.79 Å². The number of nitrogens with zero attached hydrogens (tertiary/aromatic N) is 3. The van der Waals surface area contributed by atoms with Crippen molar-refractivity contribution in [3.63, 3.8) is 0 Å². The second kappa shape index (κ2) is 8.94. The largest absolute Gasteiger partial charge is 0.350 e. The summed E-state index contributed by atoms with van der Waals surface area (Å²) in [6, 6.07) is 19.9.